The van der Waals surface area contributed by atoms with Gasteiger partial charge < -0.3 is 5.32 Å². The molecule has 31 heavy (non-hydrogen) atoms. The topological polar surface area (TPSA) is 69.7 Å². The second kappa shape index (κ2) is 8.74. The van der Waals surface area contributed by atoms with Gasteiger partial charge >= 0.3 is 0 Å². The van der Waals surface area contributed by atoms with Gasteiger partial charge in [0.05, 0.1) is 16.6 Å². The van der Waals surface area contributed by atoms with Gasteiger partial charge in [0, 0.05) is 26.2 Å². The molecular weight excluding hydrogens is 417 g/mol. The van der Waals surface area contributed by atoms with Gasteiger partial charge in [0.1, 0.15) is 5.82 Å². The molecule has 8 heteroatoms. The Morgan fingerprint density at radius 3 is 2.29 bits per heavy atom. The molecule has 1 N–H and O–H groups in total. The van der Waals surface area contributed by atoms with Crippen LogP contribution in [-0.2, 0) is 14.8 Å². The van der Waals surface area contributed by atoms with E-state index in [0.717, 1.165) is 10.8 Å². The number of sulfonamides is 1. The summed E-state index contributed by atoms with van der Waals surface area (Å²) in [5.41, 5.74) is 0.136. The maximum Gasteiger partial charge on any atom is 0.243 e. The highest BCUT2D eigenvalue weighted by Gasteiger charge is 2.32. The predicted octanol–water partition coefficient (Wildman–Crippen LogP) is 3.31. The molecule has 162 valence electrons. The van der Waals surface area contributed by atoms with Crippen molar-refractivity contribution in [2.75, 3.05) is 31.5 Å². The molecule has 1 amide bonds. The molecular formula is C23H24FN3O3S. The number of para-hydroxylation sites is 1. The molecule has 1 heterocycles. The van der Waals surface area contributed by atoms with Gasteiger partial charge in [0.25, 0.3) is 0 Å². The van der Waals surface area contributed by atoms with Crippen LogP contribution in [0.1, 0.15) is 6.92 Å². The highest BCUT2D eigenvalue weighted by Crippen LogP contribution is 2.23. The van der Waals surface area contributed by atoms with Crippen molar-refractivity contribution >= 4 is 32.4 Å². The maximum absolute atomic E-state index is 13.8. The lowest BCUT2D eigenvalue weighted by atomic mass is 10.1. The van der Waals surface area contributed by atoms with Gasteiger partial charge in [-0.3, -0.25) is 9.69 Å². The number of anilines is 1. The van der Waals surface area contributed by atoms with Gasteiger partial charge in [-0.05, 0) is 42.0 Å². The van der Waals surface area contributed by atoms with Crippen LogP contribution in [0.15, 0.2) is 71.6 Å². The number of carbonyl (C=O) groups excluding carboxylic acids is 1. The van der Waals surface area contributed by atoms with Crippen molar-refractivity contribution in [3.8, 4) is 0 Å². The Morgan fingerprint density at radius 2 is 1.58 bits per heavy atom. The third-order valence-electron chi connectivity index (χ3n) is 5.69. The molecule has 1 saturated heterocycles. The fourth-order valence-electron chi connectivity index (χ4n) is 3.77. The zero-order valence-electron chi connectivity index (χ0n) is 17.2. The number of benzene rings is 3. The number of piperazine rings is 1. The Labute approximate surface area is 181 Å². The molecule has 4 rings (SSSR count). The van der Waals surface area contributed by atoms with Crippen LogP contribution in [0.2, 0.25) is 0 Å². The first-order valence-electron chi connectivity index (χ1n) is 10.1. The number of halogens is 1. The van der Waals surface area contributed by atoms with Gasteiger partial charge in [-0.15, -0.1) is 0 Å². The van der Waals surface area contributed by atoms with Crippen LogP contribution in [0.5, 0.6) is 0 Å². The average molecular weight is 442 g/mol. The van der Waals surface area contributed by atoms with Crippen molar-refractivity contribution < 1.29 is 17.6 Å². The fourth-order valence-corrected chi connectivity index (χ4v) is 5.23. The van der Waals surface area contributed by atoms with Crippen LogP contribution in [0, 0.1) is 5.82 Å². The highest BCUT2D eigenvalue weighted by atomic mass is 32.2. The van der Waals surface area contributed by atoms with E-state index in [1.807, 2.05) is 35.2 Å². The van der Waals surface area contributed by atoms with E-state index < -0.39 is 21.9 Å². The summed E-state index contributed by atoms with van der Waals surface area (Å²) in [4.78, 5) is 14.7. The Balaban J connectivity index is 1.41. The van der Waals surface area contributed by atoms with E-state index in [4.69, 9.17) is 0 Å². The standard InChI is InChI=1S/C23H24FN3O3S/c1-17(23(28)25-22-9-5-4-8-21(22)24)26-12-14-27(15-13-26)31(29,30)20-11-10-18-6-2-3-7-19(18)16-20/h2-11,16-17H,12-15H2,1H3,(H,25,28). The van der Waals surface area contributed by atoms with E-state index in [1.165, 1.54) is 16.4 Å². The zero-order chi connectivity index (χ0) is 22.0. The molecule has 3 aromatic carbocycles. The molecule has 0 spiro atoms. The first kappa shape index (κ1) is 21.4. The van der Waals surface area contributed by atoms with Crippen LogP contribution < -0.4 is 5.32 Å². The normalized spacial score (nSPS) is 16.8. The molecule has 0 radical (unpaired) electrons. The Kier molecular flexibility index (Phi) is 6.04. The third kappa shape index (κ3) is 4.46. The summed E-state index contributed by atoms with van der Waals surface area (Å²) in [6.45, 7) is 3.14. The zero-order valence-corrected chi connectivity index (χ0v) is 18.0. The van der Waals surface area contributed by atoms with Crippen LogP contribution in [-0.4, -0.2) is 55.8 Å². The molecule has 1 atom stereocenters. The monoisotopic (exact) mass is 441 g/mol. The first-order chi connectivity index (χ1) is 14.9. The van der Waals surface area contributed by atoms with E-state index in [-0.39, 0.29) is 29.6 Å². The molecule has 0 aromatic heterocycles. The van der Waals surface area contributed by atoms with Crippen molar-refractivity contribution in [3.05, 3.63) is 72.5 Å². The van der Waals surface area contributed by atoms with E-state index >= 15 is 0 Å². The minimum atomic E-state index is -3.62. The molecule has 1 aliphatic rings. The first-order valence-corrected chi connectivity index (χ1v) is 11.6. The molecule has 6 nitrogen and oxygen atoms in total. The lowest BCUT2D eigenvalue weighted by molar-refractivity contribution is -0.121. The fraction of sp³-hybridized carbons (Fsp3) is 0.261. The number of hydrogen-bond acceptors (Lipinski definition) is 4. The summed E-state index contributed by atoms with van der Waals surface area (Å²) in [5.74, 6) is -0.815. The molecule has 0 aliphatic carbocycles. The van der Waals surface area contributed by atoms with E-state index in [1.54, 1.807) is 31.2 Å². The second-order valence-corrected chi connectivity index (χ2v) is 9.53. The predicted molar refractivity (Wildman–Crippen MR) is 119 cm³/mol. The average Bonchev–Trinajstić information content (AvgIpc) is 2.79. The van der Waals surface area contributed by atoms with Crippen LogP contribution >= 0.6 is 0 Å². The van der Waals surface area contributed by atoms with E-state index in [9.17, 15) is 17.6 Å². The van der Waals surface area contributed by atoms with Crippen LogP contribution in [0.3, 0.4) is 0 Å². The van der Waals surface area contributed by atoms with Crippen LogP contribution in [0.4, 0.5) is 10.1 Å². The number of nitrogens with zero attached hydrogens (tertiary/aromatic N) is 2. The van der Waals surface area contributed by atoms with Gasteiger partial charge in [-0.1, -0.05) is 42.5 Å². The van der Waals surface area contributed by atoms with Crippen molar-refractivity contribution in [1.29, 1.82) is 0 Å². The molecule has 3 aromatic rings. The minimum absolute atomic E-state index is 0.136. The van der Waals surface area contributed by atoms with Gasteiger partial charge in [0.2, 0.25) is 15.9 Å². The molecule has 1 aliphatic heterocycles. The smallest absolute Gasteiger partial charge is 0.243 e. The molecule has 1 unspecified atom stereocenters. The summed E-state index contributed by atoms with van der Waals surface area (Å²) < 4.78 is 41.5. The SMILES string of the molecule is CC(C(=O)Nc1ccccc1F)N1CCN(S(=O)(=O)c2ccc3ccccc3c2)CC1. The summed E-state index contributed by atoms with van der Waals surface area (Å²) in [5, 5.41) is 4.47. The number of fused-ring (bicyclic) bond motifs is 1. The lowest BCUT2D eigenvalue weighted by Gasteiger charge is -2.36. The molecule has 0 saturated carbocycles. The number of hydrogen-bond donors (Lipinski definition) is 1. The van der Waals surface area contributed by atoms with E-state index in [0.29, 0.717) is 13.1 Å². The minimum Gasteiger partial charge on any atom is -0.322 e. The van der Waals surface area contributed by atoms with Crippen molar-refractivity contribution in [2.24, 2.45) is 0 Å². The Hall–Kier alpha value is -2.81. The van der Waals surface area contributed by atoms with Gasteiger partial charge in [0.15, 0.2) is 0 Å². The summed E-state index contributed by atoms with van der Waals surface area (Å²) >= 11 is 0. The van der Waals surface area contributed by atoms with Crippen LogP contribution in [0.25, 0.3) is 10.8 Å². The summed E-state index contributed by atoms with van der Waals surface area (Å²) in [6, 6.07) is 18.3. The van der Waals surface area contributed by atoms with Gasteiger partial charge in [-0.2, -0.15) is 4.31 Å². The largest absolute Gasteiger partial charge is 0.322 e. The third-order valence-corrected chi connectivity index (χ3v) is 7.59. The summed E-state index contributed by atoms with van der Waals surface area (Å²) in [7, 11) is -3.62. The quantitative estimate of drug-likeness (QED) is 0.660. The van der Waals surface area contributed by atoms with Crippen molar-refractivity contribution in [2.45, 2.75) is 17.9 Å². The molecule has 0 bridgehead atoms. The second-order valence-electron chi connectivity index (χ2n) is 7.59. The Morgan fingerprint density at radius 1 is 0.935 bits per heavy atom. The van der Waals surface area contributed by atoms with E-state index in [2.05, 4.69) is 5.32 Å². The van der Waals surface area contributed by atoms with Crippen molar-refractivity contribution in [1.82, 2.24) is 9.21 Å². The number of amides is 1. The van der Waals surface area contributed by atoms with Gasteiger partial charge in [-0.25, -0.2) is 12.8 Å². The lowest BCUT2D eigenvalue weighted by Crippen LogP contribution is -2.53. The number of rotatable bonds is 5. The summed E-state index contributed by atoms with van der Waals surface area (Å²) in [6.07, 6.45) is 0. The maximum atomic E-state index is 13.8. The Bertz CT molecular complexity index is 1210. The van der Waals surface area contributed by atoms with Crippen molar-refractivity contribution in [3.63, 3.8) is 0 Å². The number of nitrogens with one attached hydrogen (secondary N) is 1. The number of carbonyl (C=O) groups is 1. The highest BCUT2D eigenvalue weighted by molar-refractivity contribution is 7.89. The molecule has 1 fully saturated rings.